The molecule has 2 aliphatic heterocycles. The number of piperazine rings is 1. The second-order valence-corrected chi connectivity index (χ2v) is 7.25. The summed E-state index contributed by atoms with van der Waals surface area (Å²) in [4.78, 5) is 17.4. The molecule has 2 heterocycles. The first-order valence-electron chi connectivity index (χ1n) is 9.49. The van der Waals surface area contributed by atoms with Crippen LogP contribution in [0.15, 0.2) is 54.6 Å². The van der Waals surface area contributed by atoms with Crippen molar-refractivity contribution in [1.82, 2.24) is 20.7 Å². The zero-order chi connectivity index (χ0) is 18.6. The summed E-state index contributed by atoms with van der Waals surface area (Å²) in [5, 5.41) is 0. The van der Waals surface area contributed by atoms with Gasteiger partial charge in [-0.25, -0.2) is 9.82 Å². The molecule has 2 saturated heterocycles. The van der Waals surface area contributed by atoms with Crippen LogP contribution in [0.1, 0.15) is 17.2 Å². The Hall–Kier alpha value is -2.28. The summed E-state index contributed by atoms with van der Waals surface area (Å²) in [6.45, 7) is 4.78. The van der Waals surface area contributed by atoms with E-state index in [1.54, 1.807) is 12.1 Å². The highest BCUT2D eigenvalue weighted by molar-refractivity contribution is 5.80. The predicted molar refractivity (Wildman–Crippen MR) is 102 cm³/mol. The van der Waals surface area contributed by atoms with Crippen LogP contribution in [0.25, 0.3) is 0 Å². The van der Waals surface area contributed by atoms with Crippen LogP contribution >= 0.6 is 0 Å². The summed E-state index contributed by atoms with van der Waals surface area (Å²) in [6.07, 6.45) is 0. The fraction of sp³-hybridized carbons (Fsp3) is 0.381. The second-order valence-electron chi connectivity index (χ2n) is 7.25. The van der Waals surface area contributed by atoms with Crippen molar-refractivity contribution >= 4 is 5.91 Å². The molecule has 0 radical (unpaired) electrons. The van der Waals surface area contributed by atoms with E-state index in [2.05, 4.69) is 40.0 Å². The van der Waals surface area contributed by atoms with Gasteiger partial charge in [0.2, 0.25) is 5.91 Å². The van der Waals surface area contributed by atoms with Crippen LogP contribution < -0.4 is 10.9 Å². The Morgan fingerprint density at radius 3 is 2.41 bits per heavy atom. The van der Waals surface area contributed by atoms with Crippen molar-refractivity contribution in [2.75, 3.05) is 32.7 Å². The molecule has 142 valence electrons. The average molecular weight is 368 g/mol. The van der Waals surface area contributed by atoms with Crippen LogP contribution in [0, 0.1) is 11.7 Å². The highest BCUT2D eigenvalue weighted by Gasteiger charge is 2.37. The van der Waals surface area contributed by atoms with Gasteiger partial charge < -0.3 is 4.90 Å². The van der Waals surface area contributed by atoms with Gasteiger partial charge in [0.15, 0.2) is 0 Å². The zero-order valence-corrected chi connectivity index (χ0v) is 15.3. The highest BCUT2D eigenvalue weighted by atomic mass is 19.1. The molecule has 2 unspecified atom stereocenters. The Balaban J connectivity index is 1.35. The Bertz CT molecular complexity index is 760. The molecule has 2 aromatic carbocycles. The number of halogens is 1. The lowest BCUT2D eigenvalue weighted by Crippen LogP contribution is -2.50. The van der Waals surface area contributed by atoms with E-state index in [0.717, 1.165) is 38.3 Å². The normalized spacial score (nSPS) is 23.5. The van der Waals surface area contributed by atoms with Gasteiger partial charge in [0.1, 0.15) is 5.82 Å². The van der Waals surface area contributed by atoms with Crippen LogP contribution in [0.5, 0.6) is 0 Å². The van der Waals surface area contributed by atoms with E-state index in [9.17, 15) is 9.18 Å². The third-order valence-corrected chi connectivity index (χ3v) is 5.46. The Kier molecular flexibility index (Phi) is 5.48. The van der Waals surface area contributed by atoms with Gasteiger partial charge in [0, 0.05) is 39.3 Å². The topological polar surface area (TPSA) is 47.6 Å². The van der Waals surface area contributed by atoms with E-state index < -0.39 is 0 Å². The molecular formula is C21H25FN4O. The Morgan fingerprint density at radius 2 is 1.70 bits per heavy atom. The number of carbonyl (C=O) groups excluding carboxylic acids is 1. The number of rotatable bonds is 4. The first kappa shape index (κ1) is 18.1. The fourth-order valence-corrected chi connectivity index (χ4v) is 3.92. The summed E-state index contributed by atoms with van der Waals surface area (Å²) in [5.74, 6) is -0.264. The number of carbonyl (C=O) groups is 1. The number of hydrogen-bond acceptors (Lipinski definition) is 4. The molecule has 0 aromatic heterocycles. The monoisotopic (exact) mass is 368 g/mol. The molecule has 2 N–H and O–H groups in total. The van der Waals surface area contributed by atoms with Gasteiger partial charge in [-0.1, -0.05) is 42.5 Å². The lowest BCUT2D eigenvalue weighted by Gasteiger charge is -2.36. The van der Waals surface area contributed by atoms with Gasteiger partial charge in [-0.15, -0.1) is 0 Å². The molecule has 2 aromatic rings. The van der Waals surface area contributed by atoms with Crippen molar-refractivity contribution in [1.29, 1.82) is 0 Å². The minimum Gasteiger partial charge on any atom is -0.340 e. The second kappa shape index (κ2) is 8.17. The molecule has 0 aliphatic carbocycles. The van der Waals surface area contributed by atoms with E-state index in [-0.39, 0.29) is 23.7 Å². The van der Waals surface area contributed by atoms with Gasteiger partial charge in [-0.2, -0.15) is 0 Å². The molecule has 5 nitrogen and oxygen atoms in total. The van der Waals surface area contributed by atoms with E-state index in [1.807, 2.05) is 11.0 Å². The zero-order valence-electron chi connectivity index (χ0n) is 15.3. The maximum atomic E-state index is 13.2. The van der Waals surface area contributed by atoms with Gasteiger partial charge in [0.25, 0.3) is 0 Å². The number of hydrogen-bond donors (Lipinski definition) is 2. The first-order valence-corrected chi connectivity index (χ1v) is 9.49. The van der Waals surface area contributed by atoms with Gasteiger partial charge in [-0.3, -0.25) is 15.1 Å². The highest BCUT2D eigenvalue weighted by Crippen LogP contribution is 2.27. The van der Waals surface area contributed by atoms with E-state index in [0.29, 0.717) is 6.54 Å². The van der Waals surface area contributed by atoms with Crippen molar-refractivity contribution < 1.29 is 9.18 Å². The molecule has 0 bridgehead atoms. The number of benzene rings is 2. The van der Waals surface area contributed by atoms with Crippen molar-refractivity contribution in [3.05, 3.63) is 71.5 Å². The minimum absolute atomic E-state index is 0.125. The van der Waals surface area contributed by atoms with Gasteiger partial charge in [-0.05, 0) is 23.3 Å². The minimum atomic E-state index is -0.262. The molecule has 27 heavy (non-hydrogen) atoms. The van der Waals surface area contributed by atoms with Crippen LogP contribution in [0.4, 0.5) is 4.39 Å². The van der Waals surface area contributed by atoms with Crippen LogP contribution in [-0.2, 0) is 11.3 Å². The number of nitrogens with zero attached hydrogens (tertiary/aromatic N) is 2. The summed E-state index contributed by atoms with van der Waals surface area (Å²) < 4.78 is 13.2. The Labute approximate surface area is 159 Å². The molecular weight excluding hydrogens is 343 g/mol. The maximum absolute atomic E-state index is 13.2. The van der Waals surface area contributed by atoms with Crippen molar-refractivity contribution in [2.24, 2.45) is 5.92 Å². The smallest absolute Gasteiger partial charge is 0.229 e. The van der Waals surface area contributed by atoms with Crippen LogP contribution in [0.3, 0.4) is 0 Å². The quantitative estimate of drug-likeness (QED) is 0.866. The fourth-order valence-electron chi connectivity index (χ4n) is 3.92. The largest absolute Gasteiger partial charge is 0.340 e. The Morgan fingerprint density at radius 1 is 1.00 bits per heavy atom. The lowest BCUT2D eigenvalue weighted by molar-refractivity contribution is -0.137. The maximum Gasteiger partial charge on any atom is 0.229 e. The van der Waals surface area contributed by atoms with Crippen molar-refractivity contribution in [3.63, 3.8) is 0 Å². The SMILES string of the molecule is O=C(C1CNNC1c1ccc(F)cc1)N1CCN(Cc2ccccc2)CC1. The average Bonchev–Trinajstić information content (AvgIpc) is 3.19. The number of hydrazine groups is 1. The molecule has 6 heteroatoms. The lowest BCUT2D eigenvalue weighted by atomic mass is 9.93. The van der Waals surface area contributed by atoms with E-state index in [4.69, 9.17) is 0 Å². The predicted octanol–water partition coefficient (Wildman–Crippen LogP) is 1.94. The third-order valence-electron chi connectivity index (χ3n) is 5.46. The summed E-state index contributed by atoms with van der Waals surface area (Å²) in [5.41, 5.74) is 8.51. The third kappa shape index (κ3) is 4.18. The van der Waals surface area contributed by atoms with Crippen molar-refractivity contribution in [3.8, 4) is 0 Å². The van der Waals surface area contributed by atoms with Crippen LogP contribution in [0.2, 0.25) is 0 Å². The molecule has 4 rings (SSSR count). The van der Waals surface area contributed by atoms with Crippen molar-refractivity contribution in [2.45, 2.75) is 12.6 Å². The van der Waals surface area contributed by atoms with E-state index >= 15 is 0 Å². The summed E-state index contributed by atoms with van der Waals surface area (Å²) in [6, 6.07) is 16.7. The molecule has 1 amide bonds. The van der Waals surface area contributed by atoms with Gasteiger partial charge >= 0.3 is 0 Å². The molecule has 0 saturated carbocycles. The van der Waals surface area contributed by atoms with Crippen LogP contribution in [-0.4, -0.2) is 48.4 Å². The first-order chi connectivity index (χ1) is 13.2. The number of amides is 1. The summed E-state index contributed by atoms with van der Waals surface area (Å²) in [7, 11) is 0. The molecule has 0 spiro atoms. The number of nitrogens with one attached hydrogen (secondary N) is 2. The molecule has 2 aliphatic rings. The van der Waals surface area contributed by atoms with Gasteiger partial charge in [0.05, 0.1) is 12.0 Å². The molecule has 2 atom stereocenters. The van der Waals surface area contributed by atoms with E-state index in [1.165, 1.54) is 17.7 Å². The summed E-state index contributed by atoms with van der Waals surface area (Å²) >= 11 is 0. The molecule has 2 fully saturated rings. The standard InChI is InChI=1S/C21H25FN4O/c22-18-8-6-17(7-9-18)20-19(14-23-24-20)21(27)26-12-10-25(11-13-26)15-16-4-2-1-3-5-16/h1-9,19-20,23-24H,10-15H2.